The van der Waals surface area contributed by atoms with Gasteiger partial charge in [-0.25, -0.2) is 4.79 Å². The molecule has 0 aliphatic carbocycles. The van der Waals surface area contributed by atoms with Crippen LogP contribution < -0.4 is 11.1 Å². The van der Waals surface area contributed by atoms with Crippen LogP contribution in [0.15, 0.2) is 16.6 Å². The third kappa shape index (κ3) is 4.17. The predicted molar refractivity (Wildman–Crippen MR) is 103 cm³/mol. The molecule has 1 unspecified atom stereocenters. The molecule has 3 heterocycles. The lowest BCUT2D eigenvalue weighted by Crippen LogP contribution is -2.71. The van der Waals surface area contributed by atoms with Crippen molar-refractivity contribution in [3.05, 3.63) is 17.3 Å². The lowest BCUT2D eigenvalue weighted by Gasteiger charge is -2.48. The standard InChI is InChI=1S/C13H14N6O8S3/c1-26-17-5(8-16-13(14)29-18-8)9(20)15-6-10(21)19-7(12(22)23)4(3-28-11(6)19)27-30(2,24)25/h6,11H,3H2,1-2H3,(H,15,20)(H,22,23)(H2,14,16,18)/t6?,11-/m0/s1. The zero-order valence-corrected chi connectivity index (χ0v) is 17.7. The number of thioether (sulfide) groups is 1. The fraction of sp³-hybridized carbons (Fsp3) is 0.385. The number of β-lactam (4-membered cyclic amide) rings is 1. The van der Waals surface area contributed by atoms with Crippen LogP contribution in [0.5, 0.6) is 0 Å². The monoisotopic (exact) mass is 478 g/mol. The second-order valence-electron chi connectivity index (χ2n) is 5.80. The van der Waals surface area contributed by atoms with Gasteiger partial charge >= 0.3 is 16.1 Å². The van der Waals surface area contributed by atoms with Gasteiger partial charge in [-0.05, 0) is 0 Å². The number of hydrogen-bond donors (Lipinski definition) is 3. The topological polar surface area (TPSA) is 203 Å². The Balaban J connectivity index is 1.82. The first-order valence-electron chi connectivity index (χ1n) is 7.85. The van der Waals surface area contributed by atoms with Crippen molar-refractivity contribution in [2.45, 2.75) is 11.4 Å². The highest BCUT2D eigenvalue weighted by Gasteiger charge is 2.55. The lowest BCUT2D eigenvalue weighted by molar-refractivity contribution is -0.150. The first-order valence-corrected chi connectivity index (χ1v) is 11.5. The predicted octanol–water partition coefficient (Wildman–Crippen LogP) is -1.86. The number of nitrogens with zero attached hydrogens (tertiary/aromatic N) is 4. The van der Waals surface area contributed by atoms with E-state index in [1.807, 2.05) is 0 Å². The van der Waals surface area contributed by atoms with Gasteiger partial charge in [0.25, 0.3) is 11.8 Å². The smallest absolute Gasteiger partial charge is 0.356 e. The number of carboxylic acids is 1. The maximum Gasteiger partial charge on any atom is 0.356 e. The molecule has 2 aliphatic rings. The van der Waals surface area contributed by atoms with E-state index < -0.39 is 45.0 Å². The van der Waals surface area contributed by atoms with Crippen LogP contribution in [0, 0.1) is 0 Å². The first kappa shape index (κ1) is 21.8. The highest BCUT2D eigenvalue weighted by molar-refractivity contribution is 8.00. The van der Waals surface area contributed by atoms with Crippen molar-refractivity contribution in [2.24, 2.45) is 5.16 Å². The number of aromatic nitrogens is 2. The molecular formula is C13H14N6O8S3. The van der Waals surface area contributed by atoms with Crippen molar-refractivity contribution in [1.82, 2.24) is 19.6 Å². The van der Waals surface area contributed by atoms with Crippen molar-refractivity contribution < 1.29 is 36.9 Å². The number of amides is 2. The van der Waals surface area contributed by atoms with Gasteiger partial charge in [0.15, 0.2) is 16.6 Å². The maximum absolute atomic E-state index is 12.6. The van der Waals surface area contributed by atoms with E-state index in [1.165, 1.54) is 7.11 Å². The number of carbonyl (C=O) groups is 3. The highest BCUT2D eigenvalue weighted by Crippen LogP contribution is 2.40. The number of nitrogens with two attached hydrogens (primary N) is 1. The van der Waals surface area contributed by atoms with Gasteiger partial charge in [0.1, 0.15) is 18.5 Å². The van der Waals surface area contributed by atoms with Crippen LogP contribution in [-0.2, 0) is 33.5 Å². The average Bonchev–Trinajstić information content (AvgIpc) is 3.08. The third-order valence-electron chi connectivity index (χ3n) is 3.73. The fourth-order valence-corrected chi connectivity index (χ4v) is 4.92. The molecule has 17 heteroatoms. The van der Waals surface area contributed by atoms with Crippen molar-refractivity contribution >= 4 is 62.0 Å². The van der Waals surface area contributed by atoms with Crippen LogP contribution >= 0.6 is 23.3 Å². The Hall–Kier alpha value is -2.92. The molecule has 14 nitrogen and oxygen atoms in total. The summed E-state index contributed by atoms with van der Waals surface area (Å²) in [5.74, 6) is -3.78. The molecule has 162 valence electrons. The Morgan fingerprint density at radius 3 is 2.67 bits per heavy atom. The summed E-state index contributed by atoms with van der Waals surface area (Å²) < 4.78 is 31.3. The van der Waals surface area contributed by atoms with Crippen LogP contribution in [0.2, 0.25) is 0 Å². The van der Waals surface area contributed by atoms with Gasteiger partial charge in [0.2, 0.25) is 11.5 Å². The molecule has 2 amide bonds. The number of aliphatic carboxylic acids is 1. The molecule has 0 spiro atoms. The number of nitrogens with one attached hydrogen (secondary N) is 1. The minimum Gasteiger partial charge on any atom is -0.476 e. The van der Waals surface area contributed by atoms with Gasteiger partial charge in [-0.15, -0.1) is 11.8 Å². The number of anilines is 1. The SMILES string of the molecule is CON=C(C(=O)NC1C(=O)N2C(C(=O)O)=C(OS(C)(=O)=O)CS[C@@H]12)c1nsc(N)n1. The van der Waals surface area contributed by atoms with Gasteiger partial charge in [-0.1, -0.05) is 5.16 Å². The minimum absolute atomic E-state index is 0.0879. The highest BCUT2D eigenvalue weighted by atomic mass is 32.2. The lowest BCUT2D eigenvalue weighted by atomic mass is 10.0. The van der Waals surface area contributed by atoms with Gasteiger partial charge in [0.05, 0.1) is 12.0 Å². The second-order valence-corrected chi connectivity index (χ2v) is 9.27. The molecular weight excluding hydrogens is 464 g/mol. The molecule has 2 atom stereocenters. The molecule has 0 bridgehead atoms. The molecule has 1 fully saturated rings. The third-order valence-corrected chi connectivity index (χ3v) is 6.03. The molecule has 0 saturated carbocycles. The molecule has 1 aromatic heterocycles. The molecule has 30 heavy (non-hydrogen) atoms. The first-order chi connectivity index (χ1) is 14.0. The molecule has 4 N–H and O–H groups in total. The number of rotatable bonds is 7. The number of oxime groups is 1. The van der Waals surface area contributed by atoms with Gasteiger partial charge in [0, 0.05) is 11.5 Å². The van der Waals surface area contributed by atoms with Gasteiger partial charge in [-0.2, -0.15) is 17.8 Å². The van der Waals surface area contributed by atoms with Crippen LogP contribution in [0.3, 0.4) is 0 Å². The Morgan fingerprint density at radius 1 is 1.43 bits per heavy atom. The summed E-state index contributed by atoms with van der Waals surface area (Å²) >= 11 is 1.85. The zero-order valence-electron chi connectivity index (χ0n) is 15.3. The quantitative estimate of drug-likeness (QED) is 0.171. The molecule has 2 aliphatic heterocycles. The van der Waals surface area contributed by atoms with Crippen LogP contribution in [0.25, 0.3) is 0 Å². The van der Waals surface area contributed by atoms with E-state index in [2.05, 4.69) is 24.7 Å². The average molecular weight is 478 g/mol. The number of fused-ring (bicyclic) bond motifs is 1. The van der Waals surface area contributed by atoms with E-state index in [1.54, 1.807) is 0 Å². The summed E-state index contributed by atoms with van der Waals surface area (Å²) in [4.78, 5) is 46.1. The summed E-state index contributed by atoms with van der Waals surface area (Å²) in [5.41, 5.74) is 4.57. The van der Waals surface area contributed by atoms with Crippen molar-refractivity contribution in [1.29, 1.82) is 0 Å². The van der Waals surface area contributed by atoms with E-state index in [0.29, 0.717) is 0 Å². The summed E-state index contributed by atoms with van der Waals surface area (Å²) in [6.07, 6.45) is 0.757. The molecule has 1 saturated heterocycles. The van der Waals surface area contributed by atoms with E-state index in [-0.39, 0.29) is 28.2 Å². The Morgan fingerprint density at radius 2 is 2.13 bits per heavy atom. The second kappa shape index (κ2) is 8.07. The number of carboxylic acid groups (broad SMARTS) is 1. The Labute approximate surface area is 177 Å². The van der Waals surface area contributed by atoms with Crippen LogP contribution in [-0.4, -0.2) is 81.8 Å². The number of nitrogen functional groups attached to an aromatic ring is 1. The molecule has 3 rings (SSSR count). The fourth-order valence-electron chi connectivity index (χ4n) is 2.65. The van der Waals surface area contributed by atoms with Crippen molar-refractivity contribution in [3.8, 4) is 0 Å². The molecule has 0 radical (unpaired) electrons. The van der Waals surface area contributed by atoms with E-state index in [4.69, 9.17) is 9.92 Å². The van der Waals surface area contributed by atoms with Crippen LogP contribution in [0.1, 0.15) is 5.82 Å². The number of hydrogen-bond acceptors (Lipinski definition) is 13. The Bertz CT molecular complexity index is 1080. The van der Waals surface area contributed by atoms with E-state index >= 15 is 0 Å². The maximum atomic E-state index is 12.6. The molecule has 0 aromatic carbocycles. The van der Waals surface area contributed by atoms with Gasteiger partial charge < -0.3 is 25.2 Å². The minimum atomic E-state index is -4.00. The van der Waals surface area contributed by atoms with E-state index in [9.17, 15) is 27.9 Å². The summed E-state index contributed by atoms with van der Waals surface area (Å²) in [6.45, 7) is 0. The summed E-state index contributed by atoms with van der Waals surface area (Å²) in [6, 6.07) is -1.10. The molecule has 1 aromatic rings. The normalized spacial score (nSPS) is 21.6. The van der Waals surface area contributed by atoms with Crippen LogP contribution in [0.4, 0.5) is 5.13 Å². The summed E-state index contributed by atoms with van der Waals surface area (Å²) in [7, 11) is -2.80. The van der Waals surface area contributed by atoms with Crippen molar-refractivity contribution in [2.75, 3.05) is 24.9 Å². The van der Waals surface area contributed by atoms with Crippen molar-refractivity contribution in [3.63, 3.8) is 0 Å². The van der Waals surface area contributed by atoms with Gasteiger partial charge in [-0.3, -0.25) is 14.5 Å². The summed E-state index contributed by atoms with van der Waals surface area (Å²) in [5, 5.41) is 14.7. The van der Waals surface area contributed by atoms with E-state index in [0.717, 1.165) is 34.5 Å². The Kier molecular flexibility index (Phi) is 5.86. The largest absolute Gasteiger partial charge is 0.476 e. The zero-order chi connectivity index (χ0) is 22.2. The number of carbonyl (C=O) groups excluding carboxylic acids is 2.